The van der Waals surface area contributed by atoms with Crippen molar-refractivity contribution in [3.63, 3.8) is 0 Å². The maximum Gasteiger partial charge on any atom is 0.170 e. The normalized spacial score (nSPS) is 11.5. The maximum absolute atomic E-state index is 8.65. The van der Waals surface area contributed by atoms with E-state index in [1.165, 1.54) is 11.1 Å². The van der Waals surface area contributed by atoms with Crippen molar-refractivity contribution >= 4 is 17.4 Å². The van der Waals surface area contributed by atoms with Gasteiger partial charge in [0.1, 0.15) is 12.4 Å². The van der Waals surface area contributed by atoms with E-state index >= 15 is 0 Å². The summed E-state index contributed by atoms with van der Waals surface area (Å²) >= 11 is 6.16. The average Bonchev–Trinajstić information content (AvgIpc) is 2.47. The number of rotatable bonds is 4. The van der Waals surface area contributed by atoms with Crippen LogP contribution in [0.15, 0.2) is 41.6 Å². The molecule has 0 radical (unpaired) electrons. The van der Waals surface area contributed by atoms with E-state index in [0.29, 0.717) is 22.9 Å². The van der Waals surface area contributed by atoms with Crippen LogP contribution in [0.5, 0.6) is 5.75 Å². The molecule has 0 aliphatic carbocycles. The monoisotopic (exact) mass is 304 g/mol. The number of ether oxygens (including phenoxy) is 1. The fraction of sp³-hybridized carbons (Fsp3) is 0.188. The zero-order chi connectivity index (χ0) is 15.4. The highest BCUT2D eigenvalue weighted by Crippen LogP contribution is 2.27. The molecular formula is C16H17ClN2O2. The van der Waals surface area contributed by atoms with Gasteiger partial charge in [-0.15, -0.1) is 0 Å². The van der Waals surface area contributed by atoms with Crippen molar-refractivity contribution in [1.29, 1.82) is 0 Å². The second kappa shape index (κ2) is 6.50. The third-order valence-electron chi connectivity index (χ3n) is 3.35. The number of aryl methyl sites for hydroxylation is 2. The first-order valence-electron chi connectivity index (χ1n) is 6.48. The Hall–Kier alpha value is -2.20. The van der Waals surface area contributed by atoms with E-state index < -0.39 is 0 Å². The van der Waals surface area contributed by atoms with Gasteiger partial charge < -0.3 is 15.7 Å². The smallest absolute Gasteiger partial charge is 0.170 e. The molecule has 4 nitrogen and oxygen atoms in total. The van der Waals surface area contributed by atoms with Gasteiger partial charge in [-0.05, 0) is 48.7 Å². The van der Waals surface area contributed by atoms with Gasteiger partial charge in [-0.25, -0.2) is 0 Å². The summed E-state index contributed by atoms with van der Waals surface area (Å²) in [4.78, 5) is 0. The van der Waals surface area contributed by atoms with Gasteiger partial charge in [-0.1, -0.05) is 35.0 Å². The second-order valence-electron chi connectivity index (χ2n) is 4.79. The second-order valence-corrected chi connectivity index (χ2v) is 5.20. The lowest BCUT2D eigenvalue weighted by atomic mass is 10.0. The van der Waals surface area contributed by atoms with Crippen LogP contribution < -0.4 is 10.5 Å². The predicted octanol–water partition coefficient (Wildman–Crippen LogP) is 3.63. The van der Waals surface area contributed by atoms with Crippen LogP contribution in [0.2, 0.25) is 5.02 Å². The number of amidine groups is 1. The summed E-state index contributed by atoms with van der Waals surface area (Å²) in [5, 5.41) is 12.0. The highest BCUT2D eigenvalue weighted by molar-refractivity contribution is 6.32. The quantitative estimate of drug-likeness (QED) is 0.392. The zero-order valence-electron chi connectivity index (χ0n) is 11.9. The van der Waals surface area contributed by atoms with Gasteiger partial charge in [0.25, 0.3) is 0 Å². The molecule has 0 heterocycles. The molecule has 2 aromatic rings. The molecule has 2 aromatic carbocycles. The standard InChI is InChI=1S/C16H17ClN2O2/c1-10-4-3-5-11(2)13(10)9-21-15-7-6-12(8-14(15)17)16(18)19-20/h3-8,20H,9H2,1-2H3,(H2,18,19). The number of halogens is 1. The first-order chi connectivity index (χ1) is 10.0. The van der Waals surface area contributed by atoms with Crippen molar-refractivity contribution in [3.05, 3.63) is 63.7 Å². The first kappa shape index (κ1) is 15.2. The Morgan fingerprint density at radius 3 is 2.48 bits per heavy atom. The van der Waals surface area contributed by atoms with Crippen LogP contribution in [0, 0.1) is 13.8 Å². The number of nitrogens with two attached hydrogens (primary N) is 1. The van der Waals surface area contributed by atoms with Crippen LogP contribution in [-0.4, -0.2) is 11.0 Å². The predicted molar refractivity (Wildman–Crippen MR) is 84.2 cm³/mol. The van der Waals surface area contributed by atoms with Gasteiger partial charge in [0, 0.05) is 5.56 Å². The van der Waals surface area contributed by atoms with Gasteiger partial charge in [-0.3, -0.25) is 0 Å². The van der Waals surface area contributed by atoms with Gasteiger partial charge in [0.15, 0.2) is 5.84 Å². The molecule has 2 rings (SSSR count). The minimum absolute atomic E-state index is 0.0122. The molecule has 0 unspecified atom stereocenters. The third-order valence-corrected chi connectivity index (χ3v) is 3.65. The Kier molecular flexibility index (Phi) is 4.70. The summed E-state index contributed by atoms with van der Waals surface area (Å²) in [6, 6.07) is 11.1. The van der Waals surface area contributed by atoms with Gasteiger partial charge >= 0.3 is 0 Å². The van der Waals surface area contributed by atoms with Gasteiger partial charge in [0.05, 0.1) is 5.02 Å². The molecule has 110 valence electrons. The van der Waals surface area contributed by atoms with Crippen LogP contribution in [-0.2, 0) is 6.61 Å². The fourth-order valence-corrected chi connectivity index (χ4v) is 2.30. The summed E-state index contributed by atoms with van der Waals surface area (Å²) in [7, 11) is 0. The van der Waals surface area contributed by atoms with Gasteiger partial charge in [-0.2, -0.15) is 0 Å². The van der Waals surface area contributed by atoms with Crippen molar-refractivity contribution in [2.75, 3.05) is 0 Å². The van der Waals surface area contributed by atoms with Gasteiger partial charge in [0.2, 0.25) is 0 Å². The highest BCUT2D eigenvalue weighted by atomic mass is 35.5. The summed E-state index contributed by atoms with van der Waals surface area (Å²) in [6.07, 6.45) is 0. The maximum atomic E-state index is 8.65. The van der Waals surface area contributed by atoms with E-state index in [0.717, 1.165) is 5.56 Å². The van der Waals surface area contributed by atoms with Crippen LogP contribution in [0.3, 0.4) is 0 Å². The molecule has 0 aromatic heterocycles. The first-order valence-corrected chi connectivity index (χ1v) is 6.86. The molecule has 0 saturated heterocycles. The molecule has 0 amide bonds. The fourth-order valence-electron chi connectivity index (χ4n) is 2.06. The van der Waals surface area contributed by atoms with E-state index in [1.54, 1.807) is 18.2 Å². The topological polar surface area (TPSA) is 67.8 Å². The SMILES string of the molecule is Cc1cccc(C)c1COc1ccc(/C(N)=N/O)cc1Cl. The van der Waals surface area contributed by atoms with Crippen LogP contribution in [0.1, 0.15) is 22.3 Å². The molecule has 0 atom stereocenters. The number of hydrogen-bond donors (Lipinski definition) is 2. The van der Waals surface area contributed by atoms with E-state index in [1.807, 2.05) is 6.07 Å². The summed E-state index contributed by atoms with van der Waals surface area (Å²) in [6.45, 7) is 4.55. The minimum atomic E-state index is 0.0122. The number of benzene rings is 2. The Morgan fingerprint density at radius 2 is 1.90 bits per heavy atom. The lowest BCUT2D eigenvalue weighted by molar-refractivity contribution is 0.304. The van der Waals surface area contributed by atoms with Crippen molar-refractivity contribution in [1.82, 2.24) is 0 Å². The largest absolute Gasteiger partial charge is 0.487 e. The van der Waals surface area contributed by atoms with E-state index in [4.69, 9.17) is 27.3 Å². The Morgan fingerprint density at radius 1 is 1.24 bits per heavy atom. The Balaban J connectivity index is 2.18. The number of hydrogen-bond acceptors (Lipinski definition) is 3. The van der Waals surface area contributed by atoms with Crippen molar-refractivity contribution in [2.45, 2.75) is 20.5 Å². The third kappa shape index (κ3) is 3.47. The van der Waals surface area contributed by atoms with E-state index in [2.05, 4.69) is 31.1 Å². The molecule has 0 aliphatic heterocycles. The van der Waals surface area contributed by atoms with Crippen LogP contribution in [0.4, 0.5) is 0 Å². The molecule has 0 bridgehead atoms. The van der Waals surface area contributed by atoms with E-state index in [-0.39, 0.29) is 5.84 Å². The molecule has 0 aliphatic rings. The lowest BCUT2D eigenvalue weighted by Crippen LogP contribution is -2.13. The highest BCUT2D eigenvalue weighted by Gasteiger charge is 2.08. The Bertz CT molecular complexity index is 664. The molecule has 3 N–H and O–H groups in total. The van der Waals surface area contributed by atoms with Crippen LogP contribution >= 0.6 is 11.6 Å². The molecule has 0 spiro atoms. The average molecular weight is 305 g/mol. The molecule has 5 heteroatoms. The molecular weight excluding hydrogens is 288 g/mol. The number of nitrogens with zero attached hydrogens (tertiary/aromatic N) is 1. The van der Waals surface area contributed by atoms with E-state index in [9.17, 15) is 0 Å². The summed E-state index contributed by atoms with van der Waals surface area (Å²) < 4.78 is 5.78. The Labute approximate surface area is 128 Å². The summed E-state index contributed by atoms with van der Waals surface area (Å²) in [5.74, 6) is 0.576. The molecule has 0 fully saturated rings. The zero-order valence-corrected chi connectivity index (χ0v) is 12.7. The number of oxime groups is 1. The lowest BCUT2D eigenvalue weighted by Gasteiger charge is -2.13. The minimum Gasteiger partial charge on any atom is -0.487 e. The van der Waals surface area contributed by atoms with Crippen molar-refractivity contribution in [2.24, 2.45) is 10.9 Å². The van der Waals surface area contributed by atoms with Crippen LogP contribution in [0.25, 0.3) is 0 Å². The molecule has 0 saturated carbocycles. The van der Waals surface area contributed by atoms with Crippen molar-refractivity contribution in [3.8, 4) is 5.75 Å². The van der Waals surface area contributed by atoms with Crippen molar-refractivity contribution < 1.29 is 9.94 Å². The summed E-state index contributed by atoms with van der Waals surface area (Å²) in [5.41, 5.74) is 9.57. The molecule has 21 heavy (non-hydrogen) atoms.